The molecule has 0 spiro atoms. The summed E-state index contributed by atoms with van der Waals surface area (Å²) in [6, 6.07) is 12.5. The van der Waals surface area contributed by atoms with E-state index in [1.165, 1.54) is 0 Å². The Balaban J connectivity index is 1.23. The number of nitrogens with zero attached hydrogens (tertiary/aromatic N) is 5. The van der Waals surface area contributed by atoms with E-state index >= 15 is 4.39 Å². The lowest BCUT2D eigenvalue weighted by atomic mass is 9.95. The monoisotopic (exact) mass is 588 g/mol. The van der Waals surface area contributed by atoms with Crippen molar-refractivity contribution in [2.45, 2.75) is 62.2 Å². The van der Waals surface area contributed by atoms with Crippen LogP contribution in [0.15, 0.2) is 42.6 Å². The first-order valence-corrected chi connectivity index (χ1v) is 15.5. The number of ether oxygens (including phenoxy) is 1. The van der Waals surface area contributed by atoms with Gasteiger partial charge < -0.3 is 20.1 Å². The summed E-state index contributed by atoms with van der Waals surface area (Å²) in [5.74, 6) is 0.163. The maximum absolute atomic E-state index is 16.6. The van der Waals surface area contributed by atoms with Gasteiger partial charge in [-0.2, -0.15) is 9.97 Å². The molecule has 218 valence electrons. The first-order chi connectivity index (χ1) is 20.5. The van der Waals surface area contributed by atoms with E-state index in [4.69, 9.17) is 26.3 Å². The molecule has 4 aliphatic rings. The fraction of sp³-hybridized carbons (Fsp3) is 0.469. The predicted octanol–water partition coefficient (Wildman–Crippen LogP) is 4.95. The number of rotatable bonds is 6. The molecule has 6 heterocycles. The van der Waals surface area contributed by atoms with Gasteiger partial charge >= 0.3 is 6.01 Å². The number of aliphatic hydroxyl groups is 1. The molecule has 42 heavy (non-hydrogen) atoms. The van der Waals surface area contributed by atoms with Gasteiger partial charge in [0.15, 0.2) is 5.82 Å². The Morgan fingerprint density at radius 2 is 1.88 bits per heavy atom. The van der Waals surface area contributed by atoms with Gasteiger partial charge in [0, 0.05) is 53.4 Å². The summed E-state index contributed by atoms with van der Waals surface area (Å²) in [6.07, 6.45) is 7.94. The van der Waals surface area contributed by atoms with E-state index in [-0.39, 0.29) is 35.4 Å². The predicted molar refractivity (Wildman–Crippen MR) is 162 cm³/mol. The van der Waals surface area contributed by atoms with Crippen LogP contribution in [-0.2, 0) is 0 Å². The molecule has 4 aliphatic heterocycles. The van der Waals surface area contributed by atoms with Crippen molar-refractivity contribution >= 4 is 39.1 Å². The van der Waals surface area contributed by atoms with Crippen LogP contribution < -0.4 is 15.0 Å². The van der Waals surface area contributed by atoms with Crippen LogP contribution in [0.3, 0.4) is 0 Å². The number of aromatic nitrogens is 3. The van der Waals surface area contributed by atoms with Gasteiger partial charge in [-0.1, -0.05) is 41.9 Å². The van der Waals surface area contributed by atoms with E-state index in [1.54, 1.807) is 6.20 Å². The Morgan fingerprint density at radius 3 is 2.69 bits per heavy atom. The van der Waals surface area contributed by atoms with Gasteiger partial charge in [-0.3, -0.25) is 9.88 Å². The second kappa shape index (κ2) is 10.3. The van der Waals surface area contributed by atoms with Gasteiger partial charge in [-0.25, -0.2) is 4.39 Å². The van der Waals surface area contributed by atoms with Gasteiger partial charge in [0.2, 0.25) is 0 Å². The topological polar surface area (TPSA) is 86.6 Å². The quantitative estimate of drug-likeness (QED) is 0.327. The van der Waals surface area contributed by atoms with Crippen molar-refractivity contribution in [3.63, 3.8) is 0 Å². The van der Waals surface area contributed by atoms with Gasteiger partial charge in [0.05, 0.1) is 17.5 Å². The fourth-order valence-electron chi connectivity index (χ4n) is 7.98. The summed E-state index contributed by atoms with van der Waals surface area (Å²) in [5.41, 5.74) is 0.901. The van der Waals surface area contributed by atoms with Crippen molar-refractivity contribution in [3.8, 4) is 17.3 Å². The van der Waals surface area contributed by atoms with Crippen LogP contribution in [0.5, 0.6) is 6.01 Å². The van der Waals surface area contributed by atoms with Crippen LogP contribution in [0, 0.1) is 5.82 Å². The largest absolute Gasteiger partial charge is 0.461 e. The summed E-state index contributed by atoms with van der Waals surface area (Å²) >= 11 is 6.61. The average molecular weight is 589 g/mol. The minimum atomic E-state index is -0.506. The Morgan fingerprint density at radius 1 is 1.07 bits per heavy atom. The molecule has 2 bridgehead atoms. The van der Waals surface area contributed by atoms with Crippen LogP contribution in [0.2, 0.25) is 5.02 Å². The number of aliphatic hydroxyl groups excluding tert-OH is 1. The third-order valence-electron chi connectivity index (χ3n) is 9.98. The van der Waals surface area contributed by atoms with E-state index in [9.17, 15) is 5.11 Å². The number of fused-ring (bicyclic) bond motifs is 5. The zero-order valence-corrected chi connectivity index (χ0v) is 24.2. The average Bonchev–Trinajstić information content (AvgIpc) is 3.68. The second-order valence-corrected chi connectivity index (χ2v) is 12.8. The minimum Gasteiger partial charge on any atom is -0.461 e. The standard InChI is InChI=1S/C32H34ClFN6O2/c33-25-7-2-5-19-4-1-6-23(26(19)25)28-27(34)29-24(14-35-28)30(39-15-20-8-9-21(16-39)36-20)38-31(37-29)42-18-32-11-3-13-40(32)22(17-41)10-12-32/h1-2,4-7,14,20-22,36,41H,3,8-13,15-18H2. The molecule has 2 N–H and O–H groups in total. The number of hydrogen-bond donors (Lipinski definition) is 2. The lowest BCUT2D eigenvalue weighted by molar-refractivity contribution is 0.0644. The van der Waals surface area contributed by atoms with Crippen molar-refractivity contribution in [2.24, 2.45) is 0 Å². The molecule has 2 aromatic heterocycles. The molecule has 4 aromatic rings. The smallest absolute Gasteiger partial charge is 0.319 e. The Hall–Kier alpha value is -3.11. The van der Waals surface area contributed by atoms with Crippen LogP contribution in [0.4, 0.5) is 10.2 Å². The third-order valence-corrected chi connectivity index (χ3v) is 10.3. The van der Waals surface area contributed by atoms with Crippen molar-refractivity contribution in [1.29, 1.82) is 0 Å². The van der Waals surface area contributed by atoms with Gasteiger partial charge in [-0.05, 0) is 56.5 Å². The molecule has 0 aliphatic carbocycles. The summed E-state index contributed by atoms with van der Waals surface area (Å²) in [6.45, 7) is 3.11. The van der Waals surface area contributed by atoms with Crippen molar-refractivity contribution < 1.29 is 14.2 Å². The molecule has 4 unspecified atom stereocenters. The maximum Gasteiger partial charge on any atom is 0.319 e. The number of anilines is 1. The summed E-state index contributed by atoms with van der Waals surface area (Å²) in [4.78, 5) is 18.9. The van der Waals surface area contributed by atoms with Crippen LogP contribution >= 0.6 is 11.6 Å². The number of halogens is 2. The molecule has 8 nitrogen and oxygen atoms in total. The molecule has 0 amide bonds. The number of piperazine rings is 1. The summed E-state index contributed by atoms with van der Waals surface area (Å²) < 4.78 is 23.0. The first-order valence-electron chi connectivity index (χ1n) is 15.1. The summed E-state index contributed by atoms with van der Waals surface area (Å²) in [5, 5.41) is 16.4. The van der Waals surface area contributed by atoms with E-state index in [0.717, 1.165) is 68.9 Å². The highest BCUT2D eigenvalue weighted by Crippen LogP contribution is 2.43. The highest BCUT2D eigenvalue weighted by molar-refractivity contribution is 6.36. The zero-order chi connectivity index (χ0) is 28.4. The third kappa shape index (κ3) is 4.24. The van der Waals surface area contributed by atoms with E-state index in [1.807, 2.05) is 36.4 Å². The van der Waals surface area contributed by atoms with Crippen molar-refractivity contribution in [3.05, 3.63) is 53.4 Å². The highest BCUT2D eigenvalue weighted by Gasteiger charge is 2.49. The number of hydrogen-bond acceptors (Lipinski definition) is 8. The Bertz CT molecular complexity index is 1670. The summed E-state index contributed by atoms with van der Waals surface area (Å²) in [7, 11) is 0. The van der Waals surface area contributed by atoms with E-state index < -0.39 is 5.82 Å². The highest BCUT2D eigenvalue weighted by atomic mass is 35.5. The number of pyridine rings is 1. The fourth-order valence-corrected chi connectivity index (χ4v) is 8.27. The minimum absolute atomic E-state index is 0.137. The molecule has 10 heteroatoms. The van der Waals surface area contributed by atoms with E-state index in [0.29, 0.717) is 40.5 Å². The molecule has 4 atom stereocenters. The van der Waals surface area contributed by atoms with Crippen LogP contribution in [0.1, 0.15) is 38.5 Å². The van der Waals surface area contributed by atoms with Crippen molar-refractivity contribution in [1.82, 2.24) is 25.2 Å². The molecule has 4 saturated heterocycles. The normalized spacial score (nSPS) is 27.3. The molecular formula is C32H34ClFN6O2. The maximum atomic E-state index is 16.6. The van der Waals surface area contributed by atoms with Gasteiger partial charge in [0.25, 0.3) is 0 Å². The molecule has 8 rings (SSSR count). The lowest BCUT2D eigenvalue weighted by Gasteiger charge is -2.35. The first kappa shape index (κ1) is 26.5. The Kier molecular flexibility index (Phi) is 6.48. The van der Waals surface area contributed by atoms with E-state index in [2.05, 4.69) is 20.1 Å². The Labute approximate surface area is 248 Å². The second-order valence-electron chi connectivity index (χ2n) is 12.4. The molecular weight excluding hydrogens is 555 g/mol. The SMILES string of the molecule is OCC1CCC2(COc3nc(N4CC5CCC(C4)N5)c4cnc(-c5cccc6cccc(Cl)c56)c(F)c4n3)CCCN12. The van der Waals surface area contributed by atoms with Crippen LogP contribution in [-0.4, -0.2) is 81.5 Å². The molecule has 0 radical (unpaired) electrons. The molecule has 0 saturated carbocycles. The van der Waals surface area contributed by atoms with Crippen molar-refractivity contribution in [2.75, 3.05) is 37.7 Å². The van der Waals surface area contributed by atoms with Gasteiger partial charge in [-0.15, -0.1) is 0 Å². The lowest BCUT2D eigenvalue weighted by Crippen LogP contribution is -2.51. The number of benzene rings is 2. The number of nitrogens with one attached hydrogen (secondary N) is 1. The zero-order valence-electron chi connectivity index (χ0n) is 23.4. The van der Waals surface area contributed by atoms with Gasteiger partial charge in [0.1, 0.15) is 23.6 Å². The molecule has 4 fully saturated rings. The van der Waals surface area contributed by atoms with Crippen LogP contribution in [0.25, 0.3) is 32.9 Å². The molecule has 2 aromatic carbocycles.